The van der Waals surface area contributed by atoms with Gasteiger partial charge in [0.2, 0.25) is 0 Å². The number of nitrogens with zero attached hydrogens (tertiary/aromatic N) is 3. The Morgan fingerprint density at radius 3 is 2.75 bits per heavy atom. The van der Waals surface area contributed by atoms with Crippen molar-refractivity contribution in [2.45, 2.75) is 46.0 Å². The molecule has 1 amide bonds. The van der Waals surface area contributed by atoms with E-state index in [1.54, 1.807) is 9.47 Å². The van der Waals surface area contributed by atoms with E-state index >= 15 is 0 Å². The predicted octanol–water partition coefficient (Wildman–Crippen LogP) is 0.453. The average Bonchev–Trinajstić information content (AvgIpc) is 2.35. The van der Waals surface area contributed by atoms with E-state index in [1.807, 2.05) is 20.8 Å². The molecule has 2 N–H and O–H groups in total. The zero-order valence-electron chi connectivity index (χ0n) is 12.0. The molecule has 1 aromatic heterocycles. The number of carbonyl (C=O) groups excluding carboxylic acids is 1. The first-order chi connectivity index (χ1) is 9.30. The highest BCUT2D eigenvalue weighted by Crippen LogP contribution is 2.14. The normalized spacial score (nSPS) is 14.9. The van der Waals surface area contributed by atoms with E-state index < -0.39 is 11.7 Å². The van der Waals surface area contributed by atoms with Gasteiger partial charge in [-0.25, -0.2) is 9.78 Å². The summed E-state index contributed by atoms with van der Waals surface area (Å²) < 4.78 is 6.90. The zero-order chi connectivity index (χ0) is 14.9. The number of carbonyl (C=O) groups is 1. The standard InChI is InChI=1S/C13H20N4O3/c1-13(2,3)20-12(19)16-4-5-17-10(8-16)15-9(7-14)6-11(17)18/h6H,4-5,7-8,14H2,1-3H3. The molecule has 0 saturated heterocycles. The van der Waals surface area contributed by atoms with Crippen LogP contribution in [0.25, 0.3) is 0 Å². The van der Waals surface area contributed by atoms with Crippen molar-refractivity contribution in [1.82, 2.24) is 14.5 Å². The minimum Gasteiger partial charge on any atom is -0.444 e. The lowest BCUT2D eigenvalue weighted by Crippen LogP contribution is -2.45. The molecule has 1 aromatic rings. The lowest BCUT2D eigenvalue weighted by Gasteiger charge is -2.31. The smallest absolute Gasteiger partial charge is 0.410 e. The third-order valence-corrected chi connectivity index (χ3v) is 2.93. The van der Waals surface area contributed by atoms with Gasteiger partial charge in [-0.2, -0.15) is 0 Å². The molecule has 110 valence electrons. The van der Waals surface area contributed by atoms with Crippen molar-refractivity contribution >= 4 is 6.09 Å². The summed E-state index contributed by atoms with van der Waals surface area (Å²) in [5.74, 6) is 0.551. The van der Waals surface area contributed by atoms with Gasteiger partial charge in [0.15, 0.2) is 0 Å². The monoisotopic (exact) mass is 280 g/mol. The first kappa shape index (κ1) is 14.5. The van der Waals surface area contributed by atoms with Gasteiger partial charge in [0.25, 0.3) is 5.56 Å². The van der Waals surface area contributed by atoms with Gasteiger partial charge >= 0.3 is 6.09 Å². The summed E-state index contributed by atoms with van der Waals surface area (Å²) in [5.41, 5.74) is 5.38. The maximum absolute atomic E-state index is 12.0. The van der Waals surface area contributed by atoms with E-state index in [0.717, 1.165) is 0 Å². The molecule has 1 aliphatic heterocycles. The van der Waals surface area contributed by atoms with Crippen LogP contribution in [0.3, 0.4) is 0 Å². The fraction of sp³-hybridized carbons (Fsp3) is 0.615. The molecular weight excluding hydrogens is 260 g/mol. The first-order valence-corrected chi connectivity index (χ1v) is 6.58. The minimum atomic E-state index is -0.541. The van der Waals surface area contributed by atoms with Crippen molar-refractivity contribution in [3.63, 3.8) is 0 Å². The molecule has 0 atom stereocenters. The maximum atomic E-state index is 12.0. The fourth-order valence-electron chi connectivity index (χ4n) is 2.02. The molecule has 0 fully saturated rings. The maximum Gasteiger partial charge on any atom is 0.410 e. The van der Waals surface area contributed by atoms with Crippen LogP contribution in [0, 0.1) is 0 Å². The molecule has 20 heavy (non-hydrogen) atoms. The average molecular weight is 280 g/mol. The molecule has 1 aliphatic rings. The van der Waals surface area contributed by atoms with E-state index in [4.69, 9.17) is 10.5 Å². The molecule has 2 rings (SSSR count). The van der Waals surface area contributed by atoms with Crippen molar-refractivity contribution in [2.24, 2.45) is 5.73 Å². The van der Waals surface area contributed by atoms with Gasteiger partial charge in [-0.05, 0) is 20.8 Å². The van der Waals surface area contributed by atoms with Crippen LogP contribution in [0.4, 0.5) is 4.79 Å². The van der Waals surface area contributed by atoms with Crippen LogP contribution in [0.1, 0.15) is 32.3 Å². The molecule has 0 bridgehead atoms. The Balaban J connectivity index is 2.20. The van der Waals surface area contributed by atoms with Crippen molar-refractivity contribution in [3.05, 3.63) is 27.9 Å². The number of fused-ring (bicyclic) bond motifs is 1. The fourth-order valence-corrected chi connectivity index (χ4v) is 2.02. The highest BCUT2D eigenvalue weighted by Gasteiger charge is 2.26. The lowest BCUT2D eigenvalue weighted by molar-refractivity contribution is 0.0191. The Bertz CT molecular complexity index is 574. The highest BCUT2D eigenvalue weighted by atomic mass is 16.6. The van der Waals surface area contributed by atoms with Crippen LogP contribution in [0.15, 0.2) is 10.9 Å². The Hall–Kier alpha value is -1.89. The number of hydrogen-bond donors (Lipinski definition) is 1. The van der Waals surface area contributed by atoms with Gasteiger partial charge in [0.1, 0.15) is 11.4 Å². The van der Waals surface area contributed by atoms with Crippen LogP contribution in [0.2, 0.25) is 0 Å². The summed E-state index contributed by atoms with van der Waals surface area (Å²) >= 11 is 0. The van der Waals surface area contributed by atoms with Gasteiger partial charge in [-0.3, -0.25) is 14.3 Å². The van der Waals surface area contributed by atoms with Crippen molar-refractivity contribution in [1.29, 1.82) is 0 Å². The van der Waals surface area contributed by atoms with Crippen LogP contribution >= 0.6 is 0 Å². The van der Waals surface area contributed by atoms with Crippen molar-refractivity contribution < 1.29 is 9.53 Å². The topological polar surface area (TPSA) is 90.4 Å². The van der Waals surface area contributed by atoms with E-state index in [9.17, 15) is 9.59 Å². The molecule has 0 aromatic carbocycles. The summed E-state index contributed by atoms with van der Waals surface area (Å²) in [4.78, 5) is 29.8. The van der Waals surface area contributed by atoms with Gasteiger partial charge in [-0.1, -0.05) is 0 Å². The molecule has 0 saturated carbocycles. The van der Waals surface area contributed by atoms with Crippen molar-refractivity contribution in [3.8, 4) is 0 Å². The number of aromatic nitrogens is 2. The lowest BCUT2D eigenvalue weighted by atomic mass is 10.2. The number of ether oxygens (including phenoxy) is 1. The Morgan fingerprint density at radius 1 is 1.45 bits per heavy atom. The van der Waals surface area contributed by atoms with Gasteiger partial charge in [-0.15, -0.1) is 0 Å². The molecule has 7 nitrogen and oxygen atoms in total. The molecular formula is C13H20N4O3. The van der Waals surface area contributed by atoms with Crippen LogP contribution < -0.4 is 11.3 Å². The second-order valence-electron chi connectivity index (χ2n) is 5.76. The number of rotatable bonds is 1. The van der Waals surface area contributed by atoms with Gasteiger partial charge < -0.3 is 10.5 Å². The Labute approximate surface area is 117 Å². The molecule has 2 heterocycles. The Morgan fingerprint density at radius 2 is 2.15 bits per heavy atom. The van der Waals surface area contributed by atoms with Crippen molar-refractivity contribution in [2.75, 3.05) is 6.54 Å². The summed E-state index contributed by atoms with van der Waals surface area (Å²) in [6, 6.07) is 1.44. The quantitative estimate of drug-likeness (QED) is 0.806. The van der Waals surface area contributed by atoms with E-state index in [0.29, 0.717) is 24.6 Å². The van der Waals surface area contributed by atoms with Crippen LogP contribution in [0.5, 0.6) is 0 Å². The molecule has 0 unspecified atom stereocenters. The summed E-state index contributed by atoms with van der Waals surface area (Å²) in [5, 5.41) is 0. The first-order valence-electron chi connectivity index (χ1n) is 6.58. The summed E-state index contributed by atoms with van der Waals surface area (Å²) in [6.45, 7) is 6.78. The molecule has 0 aliphatic carbocycles. The second-order valence-corrected chi connectivity index (χ2v) is 5.76. The highest BCUT2D eigenvalue weighted by molar-refractivity contribution is 5.68. The van der Waals surface area contributed by atoms with Gasteiger partial charge in [0.05, 0.1) is 12.2 Å². The third-order valence-electron chi connectivity index (χ3n) is 2.93. The summed E-state index contributed by atoms with van der Waals surface area (Å²) in [6.07, 6.45) is -0.392. The van der Waals surface area contributed by atoms with Gasteiger partial charge in [0, 0.05) is 25.7 Å². The van der Waals surface area contributed by atoms with E-state index in [1.165, 1.54) is 6.07 Å². The largest absolute Gasteiger partial charge is 0.444 e. The zero-order valence-corrected chi connectivity index (χ0v) is 12.0. The summed E-state index contributed by atoms with van der Waals surface area (Å²) in [7, 11) is 0. The SMILES string of the molecule is CC(C)(C)OC(=O)N1CCn2c(nc(CN)cc2=O)C1. The minimum absolute atomic E-state index is 0.126. The van der Waals surface area contributed by atoms with Crippen LogP contribution in [-0.4, -0.2) is 32.7 Å². The Kier molecular flexibility index (Phi) is 3.80. The van der Waals surface area contributed by atoms with E-state index in [2.05, 4.69) is 4.98 Å². The molecule has 0 radical (unpaired) electrons. The molecule has 0 spiro atoms. The molecule has 7 heteroatoms. The third kappa shape index (κ3) is 3.16. The number of amides is 1. The number of hydrogen-bond acceptors (Lipinski definition) is 5. The van der Waals surface area contributed by atoms with Crippen LogP contribution in [-0.2, 0) is 24.4 Å². The van der Waals surface area contributed by atoms with E-state index in [-0.39, 0.29) is 18.6 Å². The number of nitrogens with two attached hydrogens (primary N) is 1. The predicted molar refractivity (Wildman–Crippen MR) is 73.0 cm³/mol. The second kappa shape index (κ2) is 5.24.